The minimum atomic E-state index is -1.82. The average Bonchev–Trinajstić information content (AvgIpc) is 3.24. The van der Waals surface area contributed by atoms with Crippen molar-refractivity contribution in [3.8, 4) is 29.3 Å². The van der Waals surface area contributed by atoms with Crippen molar-refractivity contribution in [3.63, 3.8) is 0 Å². The molecule has 6 N–H and O–H groups in total. The number of hydrogen-bond acceptors (Lipinski definition) is 10. The second-order valence-corrected chi connectivity index (χ2v) is 16.7. The van der Waals surface area contributed by atoms with E-state index < -0.39 is 18.5 Å². The number of methoxy groups -OCH3 is 1. The number of aromatic hydroxyl groups is 1. The molecule has 2 aliphatic heterocycles. The van der Waals surface area contributed by atoms with E-state index in [1.165, 1.54) is 5.56 Å². The van der Waals surface area contributed by atoms with Gasteiger partial charge < -0.3 is 45.1 Å². The van der Waals surface area contributed by atoms with Gasteiger partial charge in [-0.15, -0.1) is 0 Å². The summed E-state index contributed by atoms with van der Waals surface area (Å²) in [6.45, 7) is 4.31. The van der Waals surface area contributed by atoms with Crippen LogP contribution in [0.1, 0.15) is 104 Å². The summed E-state index contributed by atoms with van der Waals surface area (Å²) >= 11 is 0. The molecular weight excluding hydrogens is 771 g/mol. The molecule has 320 valence electrons. The minimum Gasteiger partial charge on any atom is -0.508 e. The highest BCUT2D eigenvalue weighted by Crippen LogP contribution is 2.44. The van der Waals surface area contributed by atoms with Gasteiger partial charge in [0.2, 0.25) is 0 Å². The van der Waals surface area contributed by atoms with Gasteiger partial charge in [0.1, 0.15) is 36.1 Å². The standard InChI is InChI=1S/C51H57NO9/c1-31-13-19-42-46-30-61-49-23-34(15-20-48(49)59-3)14-17-39(55)26-40(60-21-7-12-41-44(27-45(46)51(57)58)50(42)43(31)28-47(41)56)25-36-24-38(54)18-16-35(36)10-5-4-8-33-9-6-11-37(22-33)52-29-32(2)53/h6,9,11,13,15-16,18-20,22-24,27-28,31-32,35-36,40,51-54,56-58H,4-5,8,10,12,14,17,25-26,29-30H2,1-3H3/t31-,32-,35+,36+,40-/m0/s1. The fraction of sp³-hybridized carbons (Fsp3) is 0.392. The van der Waals surface area contributed by atoms with Crippen molar-refractivity contribution in [2.75, 3.05) is 19.0 Å². The highest BCUT2D eigenvalue weighted by Gasteiger charge is 2.28. The first-order valence-electron chi connectivity index (χ1n) is 21.4. The highest BCUT2D eigenvalue weighted by molar-refractivity contribution is 6.01. The lowest BCUT2D eigenvalue weighted by molar-refractivity contribution is -0.121. The Morgan fingerprint density at radius 3 is 2.62 bits per heavy atom. The van der Waals surface area contributed by atoms with Crippen LogP contribution in [-0.4, -0.2) is 57.2 Å². The Hall–Kier alpha value is -5.73. The van der Waals surface area contributed by atoms with Gasteiger partial charge in [-0.25, -0.2) is 0 Å². The number of ketones is 1. The first-order valence-corrected chi connectivity index (χ1v) is 21.4. The number of hydrogen-bond donors (Lipinski definition) is 6. The topological polar surface area (TPSA) is 158 Å². The molecule has 0 fully saturated rings. The Morgan fingerprint density at radius 1 is 0.967 bits per heavy atom. The van der Waals surface area contributed by atoms with Crippen LogP contribution in [0.5, 0.6) is 17.2 Å². The summed E-state index contributed by atoms with van der Waals surface area (Å²) in [6.07, 6.45) is 14.9. The molecule has 0 aromatic heterocycles. The van der Waals surface area contributed by atoms with E-state index in [0.717, 1.165) is 53.4 Å². The number of allylic oxidation sites excluding steroid dienone is 4. The lowest BCUT2D eigenvalue weighted by Crippen LogP contribution is -2.24. The highest BCUT2D eigenvalue weighted by atomic mass is 16.5. The third-order valence-electron chi connectivity index (χ3n) is 12.1. The predicted octanol–water partition coefficient (Wildman–Crippen LogP) is 8.88. The Kier molecular flexibility index (Phi) is 14.1. The Morgan fingerprint density at radius 2 is 1.82 bits per heavy atom. The molecule has 10 heteroatoms. The fourth-order valence-electron chi connectivity index (χ4n) is 8.86. The lowest BCUT2D eigenvalue weighted by Gasteiger charge is -2.28. The average molecular weight is 828 g/mol. The van der Waals surface area contributed by atoms with Gasteiger partial charge in [-0.3, -0.25) is 4.79 Å². The van der Waals surface area contributed by atoms with E-state index in [2.05, 4.69) is 35.6 Å². The van der Waals surface area contributed by atoms with E-state index in [4.69, 9.17) is 14.2 Å². The van der Waals surface area contributed by atoms with Gasteiger partial charge in [0.25, 0.3) is 0 Å². The van der Waals surface area contributed by atoms with E-state index in [-0.39, 0.29) is 66.5 Å². The fourth-order valence-corrected chi connectivity index (χ4v) is 8.86. The zero-order valence-electron chi connectivity index (χ0n) is 35.2. The van der Waals surface area contributed by atoms with Crippen molar-refractivity contribution in [1.29, 1.82) is 0 Å². The molecule has 8 rings (SSSR count). The molecule has 0 saturated heterocycles. The van der Waals surface area contributed by atoms with Gasteiger partial charge in [-0.1, -0.05) is 55.7 Å². The van der Waals surface area contributed by atoms with Crippen molar-refractivity contribution < 1.29 is 44.5 Å². The number of benzene rings is 4. The second-order valence-electron chi connectivity index (χ2n) is 16.7. The van der Waals surface area contributed by atoms with Crippen molar-refractivity contribution >= 4 is 28.3 Å². The third-order valence-corrected chi connectivity index (χ3v) is 12.1. The van der Waals surface area contributed by atoms with Crippen molar-refractivity contribution in [3.05, 3.63) is 124 Å². The van der Waals surface area contributed by atoms with Gasteiger partial charge in [-0.2, -0.15) is 0 Å². The van der Waals surface area contributed by atoms with Crippen LogP contribution in [-0.2, 0) is 35.4 Å². The molecule has 5 atom stereocenters. The number of nitrogens with one attached hydrogen (secondary N) is 1. The predicted molar refractivity (Wildman–Crippen MR) is 237 cm³/mol. The molecule has 4 aromatic carbocycles. The number of anilines is 1. The maximum absolute atomic E-state index is 13.7. The SMILES string of the molecule is COc1ccc2cc1OCc1c(C(O)O)cc3c(c(O)cc4c3c1C=C[C@@H]4C)CC#CO[C@@H](C[C@H]1C=C(O)C=C[C@H]1CCCCc1cccc(NC[C@H](C)O)c1)CC(=O)CC2. The largest absolute Gasteiger partial charge is 0.508 e. The number of carbonyl (C=O) groups excluding carboxylic acids is 1. The summed E-state index contributed by atoms with van der Waals surface area (Å²) in [6, 6.07) is 17.3. The molecule has 0 amide bonds. The third kappa shape index (κ3) is 10.6. The van der Waals surface area contributed by atoms with Crippen LogP contribution >= 0.6 is 0 Å². The number of phenolic OH excluding ortho intramolecular Hbond substituents is 1. The Balaban J connectivity index is 1.15. The number of ether oxygens (including phenoxy) is 3. The van der Waals surface area contributed by atoms with E-state index >= 15 is 0 Å². The van der Waals surface area contributed by atoms with Crippen LogP contribution in [0, 0.1) is 23.9 Å². The van der Waals surface area contributed by atoms with Crippen LogP contribution in [0.25, 0.3) is 16.8 Å². The summed E-state index contributed by atoms with van der Waals surface area (Å²) in [5.74, 6) is 4.35. The van der Waals surface area contributed by atoms with Crippen LogP contribution in [0.2, 0.25) is 0 Å². The number of unbranched alkanes of at least 4 members (excludes halogenated alkanes) is 1. The smallest absolute Gasteiger partial charge is 0.178 e. The molecule has 10 nitrogen and oxygen atoms in total. The normalized spacial score (nSPS) is 20.5. The number of phenols is 1. The quantitative estimate of drug-likeness (QED) is 0.0463. The van der Waals surface area contributed by atoms with E-state index in [1.54, 1.807) is 32.2 Å². The van der Waals surface area contributed by atoms with E-state index in [1.807, 2.05) is 55.5 Å². The summed E-state index contributed by atoms with van der Waals surface area (Å²) < 4.78 is 18.3. The van der Waals surface area contributed by atoms with Crippen LogP contribution < -0.4 is 14.8 Å². The zero-order chi connectivity index (χ0) is 43.0. The number of carbonyl (C=O) groups is 1. The lowest BCUT2D eigenvalue weighted by atomic mass is 9.80. The Bertz CT molecular complexity index is 2380. The number of aliphatic hydroxyl groups excluding tert-OH is 3. The summed E-state index contributed by atoms with van der Waals surface area (Å²) in [5, 5.41) is 57.9. The van der Waals surface area contributed by atoms with Gasteiger partial charge in [0.15, 0.2) is 17.8 Å². The van der Waals surface area contributed by atoms with Gasteiger partial charge in [-0.05, 0) is 132 Å². The molecule has 2 aliphatic carbocycles. The van der Waals surface area contributed by atoms with Crippen molar-refractivity contribution in [2.45, 2.75) is 103 Å². The molecular formula is C51H57NO9. The van der Waals surface area contributed by atoms with E-state index in [9.17, 15) is 30.3 Å². The van der Waals surface area contributed by atoms with Gasteiger partial charge in [0, 0.05) is 54.1 Å². The first kappa shape index (κ1) is 43.4. The molecule has 2 heterocycles. The number of Topliss-reactive ketones (excluding diaryl/α,β-unsaturated/α-hetero) is 1. The number of aliphatic hydroxyl groups is 4. The Labute approximate surface area is 358 Å². The molecule has 6 bridgehead atoms. The molecule has 0 saturated carbocycles. The zero-order valence-corrected chi connectivity index (χ0v) is 35.2. The molecule has 0 radical (unpaired) electrons. The van der Waals surface area contributed by atoms with Crippen LogP contribution in [0.3, 0.4) is 0 Å². The van der Waals surface area contributed by atoms with Crippen molar-refractivity contribution in [2.24, 2.45) is 11.8 Å². The second kappa shape index (κ2) is 19.8. The summed E-state index contributed by atoms with van der Waals surface area (Å²) in [4.78, 5) is 13.7. The number of aryl methyl sites for hydroxylation is 2. The molecule has 61 heavy (non-hydrogen) atoms. The maximum atomic E-state index is 13.7. The monoisotopic (exact) mass is 827 g/mol. The minimum absolute atomic E-state index is 0.00630. The summed E-state index contributed by atoms with van der Waals surface area (Å²) in [7, 11) is 1.56. The van der Waals surface area contributed by atoms with Crippen LogP contribution in [0.15, 0.2) is 84.7 Å². The number of rotatable bonds is 12. The van der Waals surface area contributed by atoms with Crippen molar-refractivity contribution in [1.82, 2.24) is 0 Å². The molecule has 4 aliphatic rings. The maximum Gasteiger partial charge on any atom is 0.178 e. The van der Waals surface area contributed by atoms with Gasteiger partial charge >= 0.3 is 0 Å². The summed E-state index contributed by atoms with van der Waals surface area (Å²) in [5.41, 5.74) is 6.17. The van der Waals surface area contributed by atoms with Crippen LogP contribution in [0.4, 0.5) is 5.69 Å². The molecule has 4 aromatic rings. The van der Waals surface area contributed by atoms with Gasteiger partial charge in [0.05, 0.1) is 13.2 Å². The molecule has 0 spiro atoms. The molecule has 0 unspecified atom stereocenters. The number of fused-ring (bicyclic) bond motifs is 9. The first-order chi connectivity index (χ1) is 29.5. The van der Waals surface area contributed by atoms with E-state index in [0.29, 0.717) is 47.4 Å².